The van der Waals surface area contributed by atoms with Gasteiger partial charge in [-0.05, 0) is 25.7 Å². The van der Waals surface area contributed by atoms with Gasteiger partial charge in [-0.2, -0.15) is 0 Å². The number of thioether (sulfide) groups is 1. The van der Waals surface area contributed by atoms with Crippen LogP contribution >= 0.6 is 11.8 Å². The van der Waals surface area contributed by atoms with Crippen LogP contribution in [0.1, 0.15) is 23.3 Å². The van der Waals surface area contributed by atoms with Gasteiger partial charge in [-0.25, -0.2) is 0 Å². The predicted molar refractivity (Wildman–Crippen MR) is 64.1 cm³/mol. The van der Waals surface area contributed by atoms with Crippen molar-refractivity contribution in [3.63, 3.8) is 0 Å². The predicted octanol–water partition coefficient (Wildman–Crippen LogP) is 2.96. The highest BCUT2D eigenvalue weighted by Gasteiger charge is 2.20. The standard InChI is InChI=1S/C12H16O2S/c1-4-14-12(13)11(15-3)10-7-5-9(2)6-8-10/h5-8,11H,4H2,1-3H3. The van der Waals surface area contributed by atoms with E-state index >= 15 is 0 Å². The lowest BCUT2D eigenvalue weighted by atomic mass is 10.1. The van der Waals surface area contributed by atoms with Gasteiger partial charge in [-0.3, -0.25) is 4.79 Å². The molecule has 0 aliphatic heterocycles. The summed E-state index contributed by atoms with van der Waals surface area (Å²) >= 11 is 1.50. The Bertz CT molecular complexity index is 319. The normalized spacial score (nSPS) is 12.2. The van der Waals surface area contributed by atoms with E-state index in [1.165, 1.54) is 17.3 Å². The molecule has 0 bridgehead atoms. The second-order valence-electron chi connectivity index (χ2n) is 3.28. The quantitative estimate of drug-likeness (QED) is 0.735. The third-order valence-corrected chi connectivity index (χ3v) is 3.05. The topological polar surface area (TPSA) is 26.3 Å². The van der Waals surface area contributed by atoms with Gasteiger partial charge in [0.2, 0.25) is 0 Å². The van der Waals surface area contributed by atoms with Gasteiger partial charge in [0.1, 0.15) is 5.25 Å². The molecule has 1 aromatic carbocycles. The molecule has 0 amide bonds. The molecule has 2 nitrogen and oxygen atoms in total. The van der Waals surface area contributed by atoms with Crippen LogP contribution in [0.3, 0.4) is 0 Å². The number of hydrogen-bond acceptors (Lipinski definition) is 3. The van der Waals surface area contributed by atoms with Gasteiger partial charge in [0, 0.05) is 0 Å². The summed E-state index contributed by atoms with van der Waals surface area (Å²) in [5.74, 6) is -0.158. The highest BCUT2D eigenvalue weighted by molar-refractivity contribution is 7.99. The van der Waals surface area contributed by atoms with Crippen LogP contribution in [-0.4, -0.2) is 18.8 Å². The van der Waals surface area contributed by atoms with Gasteiger partial charge in [0.05, 0.1) is 6.61 Å². The number of rotatable bonds is 4. The lowest BCUT2D eigenvalue weighted by molar-refractivity contribution is -0.142. The van der Waals surface area contributed by atoms with Gasteiger partial charge < -0.3 is 4.74 Å². The molecule has 1 rings (SSSR count). The fraction of sp³-hybridized carbons (Fsp3) is 0.417. The Morgan fingerprint density at radius 3 is 2.47 bits per heavy atom. The van der Waals surface area contributed by atoms with Gasteiger partial charge in [-0.15, -0.1) is 11.8 Å². The molecule has 0 saturated carbocycles. The number of carbonyl (C=O) groups is 1. The fourth-order valence-electron chi connectivity index (χ4n) is 1.33. The monoisotopic (exact) mass is 224 g/mol. The largest absolute Gasteiger partial charge is 0.465 e. The highest BCUT2D eigenvalue weighted by Crippen LogP contribution is 2.28. The zero-order valence-corrected chi connectivity index (χ0v) is 10.1. The zero-order chi connectivity index (χ0) is 11.3. The van der Waals surface area contributed by atoms with Crippen LogP contribution in [0.5, 0.6) is 0 Å². The van der Waals surface area contributed by atoms with E-state index in [4.69, 9.17) is 4.74 Å². The highest BCUT2D eigenvalue weighted by atomic mass is 32.2. The molecule has 1 atom stereocenters. The summed E-state index contributed by atoms with van der Waals surface area (Å²) < 4.78 is 5.02. The van der Waals surface area contributed by atoms with E-state index in [0.29, 0.717) is 6.61 Å². The van der Waals surface area contributed by atoms with Gasteiger partial charge >= 0.3 is 5.97 Å². The lowest BCUT2D eigenvalue weighted by Crippen LogP contribution is -2.12. The summed E-state index contributed by atoms with van der Waals surface area (Å²) in [5.41, 5.74) is 2.20. The summed E-state index contributed by atoms with van der Waals surface area (Å²) in [6.07, 6.45) is 1.92. The molecule has 0 fully saturated rings. The van der Waals surface area contributed by atoms with Crippen molar-refractivity contribution in [2.75, 3.05) is 12.9 Å². The summed E-state index contributed by atoms with van der Waals surface area (Å²) in [7, 11) is 0. The maximum atomic E-state index is 11.6. The van der Waals surface area contributed by atoms with E-state index < -0.39 is 0 Å². The minimum Gasteiger partial charge on any atom is -0.465 e. The molecule has 1 aromatic rings. The Kier molecular flexibility index (Phi) is 4.69. The van der Waals surface area contributed by atoms with Crippen LogP contribution in [-0.2, 0) is 9.53 Å². The first-order chi connectivity index (χ1) is 7.19. The molecule has 0 N–H and O–H groups in total. The summed E-state index contributed by atoms with van der Waals surface area (Å²) in [6.45, 7) is 4.29. The maximum Gasteiger partial charge on any atom is 0.323 e. The average molecular weight is 224 g/mol. The van der Waals surface area contributed by atoms with E-state index in [1.807, 2.05) is 44.4 Å². The SMILES string of the molecule is CCOC(=O)C(SC)c1ccc(C)cc1. The van der Waals surface area contributed by atoms with Crippen molar-refractivity contribution in [1.29, 1.82) is 0 Å². The van der Waals surface area contributed by atoms with E-state index in [0.717, 1.165) is 5.56 Å². The Hall–Kier alpha value is -0.960. The van der Waals surface area contributed by atoms with E-state index in [9.17, 15) is 4.79 Å². The summed E-state index contributed by atoms with van der Waals surface area (Å²) in [5, 5.41) is -0.203. The van der Waals surface area contributed by atoms with Crippen molar-refractivity contribution >= 4 is 17.7 Å². The van der Waals surface area contributed by atoms with Crippen LogP contribution in [0.15, 0.2) is 24.3 Å². The molecule has 0 heterocycles. The summed E-state index contributed by atoms with van der Waals surface area (Å²) in [6, 6.07) is 7.98. The van der Waals surface area contributed by atoms with Gasteiger partial charge in [0.25, 0.3) is 0 Å². The van der Waals surface area contributed by atoms with Gasteiger partial charge in [-0.1, -0.05) is 29.8 Å². The van der Waals surface area contributed by atoms with Crippen LogP contribution < -0.4 is 0 Å². The number of ether oxygens (including phenoxy) is 1. The average Bonchev–Trinajstić information content (AvgIpc) is 2.22. The second kappa shape index (κ2) is 5.81. The molecule has 0 radical (unpaired) electrons. The van der Waals surface area contributed by atoms with Crippen molar-refractivity contribution in [3.8, 4) is 0 Å². The van der Waals surface area contributed by atoms with Crippen molar-refractivity contribution < 1.29 is 9.53 Å². The van der Waals surface area contributed by atoms with Crippen molar-refractivity contribution in [2.45, 2.75) is 19.1 Å². The van der Waals surface area contributed by atoms with Crippen LogP contribution in [0.4, 0.5) is 0 Å². The first-order valence-electron chi connectivity index (χ1n) is 4.95. The van der Waals surface area contributed by atoms with E-state index in [1.54, 1.807) is 0 Å². The number of aryl methyl sites for hydroxylation is 1. The first-order valence-corrected chi connectivity index (χ1v) is 6.23. The van der Waals surface area contributed by atoms with E-state index in [2.05, 4.69) is 0 Å². The molecule has 0 saturated heterocycles. The molecule has 1 unspecified atom stereocenters. The van der Waals surface area contributed by atoms with Crippen molar-refractivity contribution in [1.82, 2.24) is 0 Å². The number of esters is 1. The third-order valence-electron chi connectivity index (χ3n) is 2.12. The molecule has 15 heavy (non-hydrogen) atoms. The Labute approximate surface area is 95.0 Å². The van der Waals surface area contributed by atoms with Gasteiger partial charge in [0.15, 0.2) is 0 Å². The smallest absolute Gasteiger partial charge is 0.323 e. The molecule has 0 spiro atoms. The molecule has 3 heteroatoms. The summed E-state index contributed by atoms with van der Waals surface area (Å²) in [4.78, 5) is 11.6. The Balaban J connectivity index is 2.82. The molecule has 82 valence electrons. The molecule has 0 aromatic heterocycles. The third kappa shape index (κ3) is 3.27. The second-order valence-corrected chi connectivity index (χ2v) is 4.22. The molecular formula is C12H16O2S. The maximum absolute atomic E-state index is 11.6. The Morgan fingerprint density at radius 2 is 2.00 bits per heavy atom. The molecular weight excluding hydrogens is 208 g/mol. The van der Waals surface area contributed by atoms with Crippen molar-refractivity contribution in [2.24, 2.45) is 0 Å². The molecule has 0 aliphatic rings. The minimum atomic E-state index is -0.203. The van der Waals surface area contributed by atoms with Crippen LogP contribution in [0, 0.1) is 6.92 Å². The fourth-order valence-corrected chi connectivity index (χ4v) is 2.02. The number of hydrogen-bond donors (Lipinski definition) is 0. The molecule has 0 aliphatic carbocycles. The van der Waals surface area contributed by atoms with Crippen molar-refractivity contribution in [3.05, 3.63) is 35.4 Å². The first kappa shape index (κ1) is 12.1. The lowest BCUT2D eigenvalue weighted by Gasteiger charge is -2.13. The number of carbonyl (C=O) groups excluding carboxylic acids is 1. The number of benzene rings is 1. The zero-order valence-electron chi connectivity index (χ0n) is 9.32. The minimum absolute atomic E-state index is 0.158. The Morgan fingerprint density at radius 1 is 1.40 bits per heavy atom. The van der Waals surface area contributed by atoms with E-state index in [-0.39, 0.29) is 11.2 Å². The van der Waals surface area contributed by atoms with Crippen LogP contribution in [0.25, 0.3) is 0 Å². The van der Waals surface area contributed by atoms with Crippen LogP contribution in [0.2, 0.25) is 0 Å².